The molecule has 5 rings (SSSR count). The topological polar surface area (TPSA) is 79.7 Å². The van der Waals surface area contributed by atoms with Crippen LogP contribution < -0.4 is 9.64 Å². The molecule has 6 nitrogen and oxygen atoms in total. The van der Waals surface area contributed by atoms with E-state index in [0.29, 0.717) is 27.5 Å². The van der Waals surface area contributed by atoms with Crippen LogP contribution in [-0.2, 0) is 9.59 Å². The molecule has 1 N–H and O–H groups in total. The van der Waals surface area contributed by atoms with Crippen molar-refractivity contribution in [3.63, 3.8) is 0 Å². The minimum Gasteiger partial charge on any atom is -0.507 e. The predicted molar refractivity (Wildman–Crippen MR) is 124 cm³/mol. The maximum absolute atomic E-state index is 13.6. The second-order valence-corrected chi connectivity index (χ2v) is 8.43. The Kier molecular flexibility index (Phi) is 5.14. The summed E-state index contributed by atoms with van der Waals surface area (Å²) in [7, 11) is 1.56. The average Bonchev–Trinajstić information content (AvgIpc) is 3.37. The van der Waals surface area contributed by atoms with Gasteiger partial charge in [0.25, 0.3) is 5.78 Å². The smallest absolute Gasteiger partial charge is 0.301 e. The van der Waals surface area contributed by atoms with Crippen molar-refractivity contribution in [3.05, 3.63) is 95.3 Å². The normalized spacial score (nSPS) is 17.6. The van der Waals surface area contributed by atoms with Gasteiger partial charge < -0.3 is 9.84 Å². The van der Waals surface area contributed by atoms with Crippen LogP contribution in [0.4, 0.5) is 9.52 Å². The van der Waals surface area contributed by atoms with Crippen molar-refractivity contribution in [1.29, 1.82) is 0 Å². The maximum Gasteiger partial charge on any atom is 0.301 e. The van der Waals surface area contributed by atoms with E-state index in [1.165, 1.54) is 40.5 Å². The molecule has 1 unspecified atom stereocenters. The fourth-order valence-corrected chi connectivity index (χ4v) is 4.89. The first-order valence-corrected chi connectivity index (χ1v) is 10.9. The van der Waals surface area contributed by atoms with Crippen LogP contribution in [0.5, 0.6) is 5.75 Å². The zero-order valence-electron chi connectivity index (χ0n) is 17.4. The molecule has 1 aliphatic heterocycles. The number of amides is 1. The number of carbonyl (C=O) groups is 2. The van der Waals surface area contributed by atoms with Crippen LogP contribution in [-0.4, -0.2) is 28.9 Å². The molecule has 33 heavy (non-hydrogen) atoms. The zero-order chi connectivity index (χ0) is 23.1. The highest BCUT2D eigenvalue weighted by Crippen LogP contribution is 2.44. The van der Waals surface area contributed by atoms with Gasteiger partial charge >= 0.3 is 5.91 Å². The average molecular weight is 460 g/mol. The van der Waals surface area contributed by atoms with E-state index in [-0.39, 0.29) is 11.3 Å². The number of ketones is 1. The van der Waals surface area contributed by atoms with Gasteiger partial charge in [-0.15, -0.1) is 0 Å². The Balaban J connectivity index is 1.72. The summed E-state index contributed by atoms with van der Waals surface area (Å²) >= 11 is 1.22. The molecule has 1 amide bonds. The predicted octanol–water partition coefficient (Wildman–Crippen LogP) is 5.07. The van der Waals surface area contributed by atoms with E-state index in [1.807, 2.05) is 0 Å². The van der Waals surface area contributed by atoms with Crippen LogP contribution in [0.2, 0.25) is 0 Å². The van der Waals surface area contributed by atoms with Gasteiger partial charge in [-0.3, -0.25) is 14.5 Å². The fraction of sp³-hybridized carbons (Fsp3) is 0.0800. The summed E-state index contributed by atoms with van der Waals surface area (Å²) < 4.78 is 19.7. The largest absolute Gasteiger partial charge is 0.507 e. The number of aromatic nitrogens is 1. The van der Waals surface area contributed by atoms with Gasteiger partial charge in [-0.1, -0.05) is 53.8 Å². The summed E-state index contributed by atoms with van der Waals surface area (Å²) in [5.74, 6) is -1.76. The molecule has 8 heteroatoms. The van der Waals surface area contributed by atoms with Crippen molar-refractivity contribution in [2.24, 2.45) is 0 Å². The van der Waals surface area contributed by atoms with Crippen LogP contribution in [0.25, 0.3) is 16.0 Å². The summed E-state index contributed by atoms with van der Waals surface area (Å²) in [4.78, 5) is 32.2. The molecule has 0 radical (unpaired) electrons. The summed E-state index contributed by atoms with van der Waals surface area (Å²) in [5, 5.41) is 11.3. The minimum atomic E-state index is -0.965. The van der Waals surface area contributed by atoms with E-state index in [0.717, 1.165) is 4.70 Å². The number of thiazole rings is 1. The van der Waals surface area contributed by atoms with Crippen molar-refractivity contribution >= 4 is 44.1 Å². The number of aliphatic hydroxyl groups excluding tert-OH is 1. The van der Waals surface area contributed by atoms with Gasteiger partial charge in [0.05, 0.1) is 28.9 Å². The number of benzene rings is 3. The molecular formula is C25H17FN2O4S. The Bertz CT molecular complexity index is 1410. The van der Waals surface area contributed by atoms with Gasteiger partial charge in [0.2, 0.25) is 0 Å². The molecular weight excluding hydrogens is 443 g/mol. The standard InChI is InChI=1S/C25H17FN2O4S/c1-32-17-11-12-18-19(13-17)33-25(27-18)28-21(14-7-9-16(26)10-8-14)20(23(30)24(28)31)22(29)15-5-3-2-4-6-15/h2-13,21,29H,1H3. The van der Waals surface area contributed by atoms with Gasteiger partial charge in [-0.2, -0.15) is 0 Å². The summed E-state index contributed by atoms with van der Waals surface area (Å²) in [5.41, 5.74) is 1.44. The lowest BCUT2D eigenvalue weighted by atomic mass is 9.95. The number of fused-ring (bicyclic) bond motifs is 1. The summed E-state index contributed by atoms with van der Waals surface area (Å²) in [6, 6.07) is 18.4. The minimum absolute atomic E-state index is 0.0744. The Morgan fingerprint density at radius 2 is 1.79 bits per heavy atom. The van der Waals surface area contributed by atoms with Gasteiger partial charge in [0.15, 0.2) is 5.13 Å². The van der Waals surface area contributed by atoms with Crippen LogP contribution in [0.1, 0.15) is 17.2 Å². The van der Waals surface area contributed by atoms with E-state index in [2.05, 4.69) is 4.98 Å². The third-order valence-electron chi connectivity index (χ3n) is 5.47. The van der Waals surface area contributed by atoms with Crippen molar-refractivity contribution in [2.45, 2.75) is 6.04 Å². The molecule has 0 saturated carbocycles. The van der Waals surface area contributed by atoms with E-state index in [1.54, 1.807) is 55.6 Å². The quantitative estimate of drug-likeness (QED) is 0.261. The van der Waals surface area contributed by atoms with E-state index in [9.17, 15) is 19.1 Å². The molecule has 2 heterocycles. The first kappa shape index (κ1) is 20.8. The van der Waals surface area contributed by atoms with Gasteiger partial charge in [-0.25, -0.2) is 9.37 Å². The number of ether oxygens (including phenoxy) is 1. The van der Waals surface area contributed by atoms with Crippen molar-refractivity contribution in [1.82, 2.24) is 4.98 Å². The van der Waals surface area contributed by atoms with Gasteiger partial charge in [0, 0.05) is 5.56 Å². The number of nitrogens with zero attached hydrogens (tertiary/aromatic N) is 2. The number of Topliss-reactive ketones (excluding diaryl/α,β-unsaturated/α-hetero) is 1. The lowest BCUT2D eigenvalue weighted by molar-refractivity contribution is -0.132. The lowest BCUT2D eigenvalue weighted by Crippen LogP contribution is -2.29. The monoisotopic (exact) mass is 460 g/mol. The first-order valence-electron chi connectivity index (χ1n) is 10.0. The van der Waals surface area contributed by atoms with Crippen LogP contribution in [0.15, 0.2) is 78.4 Å². The second kappa shape index (κ2) is 8.14. The van der Waals surface area contributed by atoms with E-state index in [4.69, 9.17) is 4.74 Å². The molecule has 1 saturated heterocycles. The molecule has 1 atom stereocenters. The van der Waals surface area contributed by atoms with Crippen molar-refractivity contribution in [2.75, 3.05) is 12.0 Å². The lowest BCUT2D eigenvalue weighted by Gasteiger charge is -2.22. The van der Waals surface area contributed by atoms with Crippen LogP contribution >= 0.6 is 11.3 Å². The zero-order valence-corrected chi connectivity index (χ0v) is 18.2. The van der Waals surface area contributed by atoms with E-state index < -0.39 is 23.5 Å². The molecule has 1 aliphatic rings. The molecule has 0 spiro atoms. The summed E-state index contributed by atoms with van der Waals surface area (Å²) in [6.45, 7) is 0. The first-order chi connectivity index (χ1) is 16.0. The highest BCUT2D eigenvalue weighted by Gasteiger charge is 2.48. The highest BCUT2D eigenvalue weighted by atomic mass is 32.1. The third kappa shape index (κ3) is 3.54. The summed E-state index contributed by atoms with van der Waals surface area (Å²) in [6.07, 6.45) is 0. The molecule has 4 aromatic rings. The molecule has 0 bridgehead atoms. The number of rotatable bonds is 4. The van der Waals surface area contributed by atoms with Crippen molar-refractivity contribution < 1.29 is 23.8 Å². The number of hydrogen-bond donors (Lipinski definition) is 1. The van der Waals surface area contributed by atoms with Gasteiger partial charge in [-0.05, 0) is 35.9 Å². The third-order valence-corrected chi connectivity index (χ3v) is 6.49. The molecule has 1 aromatic heterocycles. The number of hydrogen-bond acceptors (Lipinski definition) is 6. The number of methoxy groups -OCH3 is 1. The van der Waals surface area contributed by atoms with Gasteiger partial charge in [0.1, 0.15) is 17.3 Å². The Labute approximate surface area is 192 Å². The number of anilines is 1. The Hall–Kier alpha value is -4.04. The second-order valence-electron chi connectivity index (χ2n) is 7.42. The number of halogens is 1. The SMILES string of the molecule is COc1ccc2nc(N3C(=O)C(=O)C(=C(O)c4ccccc4)C3c3ccc(F)cc3)sc2c1. The van der Waals surface area contributed by atoms with Crippen LogP contribution in [0, 0.1) is 5.82 Å². The molecule has 1 fully saturated rings. The van der Waals surface area contributed by atoms with E-state index >= 15 is 0 Å². The van der Waals surface area contributed by atoms with Crippen molar-refractivity contribution in [3.8, 4) is 5.75 Å². The fourth-order valence-electron chi connectivity index (χ4n) is 3.86. The highest BCUT2D eigenvalue weighted by molar-refractivity contribution is 7.22. The molecule has 3 aromatic carbocycles. The Morgan fingerprint density at radius 1 is 1.06 bits per heavy atom. The molecule has 164 valence electrons. The molecule has 0 aliphatic carbocycles. The Morgan fingerprint density at radius 3 is 2.48 bits per heavy atom. The maximum atomic E-state index is 13.6. The number of aliphatic hydroxyl groups is 1. The van der Waals surface area contributed by atoms with Crippen LogP contribution in [0.3, 0.4) is 0 Å². The number of carbonyl (C=O) groups excluding carboxylic acids is 2.